The Morgan fingerprint density at radius 2 is 2.18 bits per heavy atom. The number of carbonyl (C=O) groups is 2. The van der Waals surface area contributed by atoms with Crippen LogP contribution >= 0.6 is 0 Å². The van der Waals surface area contributed by atoms with E-state index in [1.54, 1.807) is 34.9 Å². The molecule has 0 aliphatic carbocycles. The zero-order valence-corrected chi connectivity index (χ0v) is 12.8. The van der Waals surface area contributed by atoms with Crippen LogP contribution in [0.3, 0.4) is 0 Å². The summed E-state index contributed by atoms with van der Waals surface area (Å²) in [6.45, 7) is 7.82. The summed E-state index contributed by atoms with van der Waals surface area (Å²) in [6, 6.07) is 5.40. The van der Waals surface area contributed by atoms with E-state index >= 15 is 0 Å². The second kappa shape index (κ2) is 6.89. The Kier molecular flexibility index (Phi) is 4.93. The Morgan fingerprint density at radius 3 is 2.86 bits per heavy atom. The van der Waals surface area contributed by atoms with Crippen molar-refractivity contribution in [2.24, 2.45) is 0 Å². The average molecular weight is 300 g/mol. The predicted octanol–water partition coefficient (Wildman–Crippen LogP) is 1.78. The molecule has 0 saturated carbocycles. The molecule has 6 nitrogen and oxygen atoms in total. The molecule has 2 N–H and O–H groups in total. The summed E-state index contributed by atoms with van der Waals surface area (Å²) < 4.78 is 1.63. The van der Waals surface area contributed by atoms with Crippen molar-refractivity contribution in [1.29, 1.82) is 0 Å². The first-order valence-electron chi connectivity index (χ1n) is 7.25. The van der Waals surface area contributed by atoms with Gasteiger partial charge in [-0.3, -0.25) is 14.0 Å². The quantitative estimate of drug-likeness (QED) is 0.798. The number of rotatable bonds is 6. The van der Waals surface area contributed by atoms with Crippen LogP contribution in [-0.2, 0) is 0 Å². The number of hydrogen-bond acceptors (Lipinski definition) is 3. The monoisotopic (exact) mass is 300 g/mol. The van der Waals surface area contributed by atoms with Crippen LogP contribution in [0.2, 0.25) is 0 Å². The Hall–Kier alpha value is -2.63. The molecule has 0 aliphatic rings. The fraction of sp³-hybridized carbons (Fsp3) is 0.312. The molecule has 0 radical (unpaired) electrons. The number of nitrogens with one attached hydrogen (secondary N) is 2. The van der Waals surface area contributed by atoms with Crippen molar-refractivity contribution >= 4 is 17.3 Å². The van der Waals surface area contributed by atoms with E-state index in [4.69, 9.17) is 0 Å². The Bertz CT molecular complexity index is 705. The maximum atomic E-state index is 12.3. The molecule has 2 aromatic rings. The molecule has 2 aromatic heterocycles. The topological polar surface area (TPSA) is 75.5 Å². The fourth-order valence-electron chi connectivity index (χ4n) is 2.00. The van der Waals surface area contributed by atoms with E-state index in [0.717, 1.165) is 6.42 Å². The van der Waals surface area contributed by atoms with Gasteiger partial charge in [-0.2, -0.15) is 0 Å². The maximum Gasteiger partial charge on any atom is 0.287 e. The number of fused-ring (bicyclic) bond motifs is 1. The number of aromatic nitrogens is 2. The van der Waals surface area contributed by atoms with Gasteiger partial charge in [-0.1, -0.05) is 19.1 Å². The molecule has 1 unspecified atom stereocenters. The molecule has 2 amide bonds. The molecule has 0 spiro atoms. The third-order valence-corrected chi connectivity index (χ3v) is 3.36. The van der Waals surface area contributed by atoms with Gasteiger partial charge in [0.1, 0.15) is 0 Å². The van der Waals surface area contributed by atoms with Gasteiger partial charge in [0.15, 0.2) is 5.69 Å². The van der Waals surface area contributed by atoms with Gasteiger partial charge in [-0.05, 0) is 25.5 Å². The summed E-state index contributed by atoms with van der Waals surface area (Å²) in [5.74, 6) is -0.413. The van der Waals surface area contributed by atoms with Crippen LogP contribution in [0.1, 0.15) is 41.4 Å². The van der Waals surface area contributed by atoms with Crippen molar-refractivity contribution in [3.63, 3.8) is 0 Å². The van der Waals surface area contributed by atoms with E-state index in [1.165, 1.54) is 0 Å². The lowest BCUT2D eigenvalue weighted by molar-refractivity contribution is 0.0928. The third-order valence-electron chi connectivity index (χ3n) is 3.36. The largest absolute Gasteiger partial charge is 0.347 e. The lowest BCUT2D eigenvalue weighted by Gasteiger charge is -2.10. The van der Waals surface area contributed by atoms with Crippen molar-refractivity contribution in [3.8, 4) is 0 Å². The minimum absolute atomic E-state index is 0.0432. The standard InChI is InChI=1S/C16H20N4O2/c1-4-9-17-15(21)13-12-8-6-7-10-20(12)14(19-13)16(22)18-11(3)5-2/h4,6-8,10-11H,1,5,9H2,2-3H3,(H,17,21)(H,18,22). The van der Waals surface area contributed by atoms with Gasteiger partial charge in [-0.15, -0.1) is 6.58 Å². The van der Waals surface area contributed by atoms with E-state index < -0.39 is 0 Å². The molecular formula is C16H20N4O2. The summed E-state index contributed by atoms with van der Waals surface area (Å²) >= 11 is 0. The minimum atomic E-state index is -0.328. The van der Waals surface area contributed by atoms with E-state index in [2.05, 4.69) is 22.2 Å². The SMILES string of the molecule is C=CCNC(=O)c1nc(C(=O)NC(C)CC)n2ccccc12. The minimum Gasteiger partial charge on any atom is -0.347 e. The highest BCUT2D eigenvalue weighted by Crippen LogP contribution is 2.13. The number of nitrogens with zero attached hydrogens (tertiary/aromatic N) is 2. The second-order valence-corrected chi connectivity index (χ2v) is 5.02. The molecule has 0 saturated heterocycles. The molecule has 2 heterocycles. The van der Waals surface area contributed by atoms with E-state index in [-0.39, 0.29) is 29.4 Å². The van der Waals surface area contributed by atoms with Gasteiger partial charge in [-0.25, -0.2) is 4.98 Å². The van der Waals surface area contributed by atoms with E-state index in [1.807, 2.05) is 13.8 Å². The molecule has 1 atom stereocenters. The zero-order valence-electron chi connectivity index (χ0n) is 12.8. The average Bonchev–Trinajstić information content (AvgIpc) is 2.92. The summed E-state index contributed by atoms with van der Waals surface area (Å²) in [4.78, 5) is 28.7. The Balaban J connectivity index is 2.41. The summed E-state index contributed by atoms with van der Waals surface area (Å²) in [5.41, 5.74) is 0.829. The number of amides is 2. The van der Waals surface area contributed by atoms with Crippen molar-refractivity contribution in [2.75, 3.05) is 6.54 Å². The van der Waals surface area contributed by atoms with Crippen LogP contribution in [0, 0.1) is 0 Å². The van der Waals surface area contributed by atoms with Crippen molar-refractivity contribution < 1.29 is 9.59 Å². The molecule has 0 fully saturated rings. The molecule has 0 aliphatic heterocycles. The van der Waals surface area contributed by atoms with Gasteiger partial charge in [0, 0.05) is 18.8 Å². The molecule has 0 aromatic carbocycles. The van der Waals surface area contributed by atoms with E-state index in [9.17, 15) is 9.59 Å². The summed E-state index contributed by atoms with van der Waals surface area (Å²) in [5, 5.41) is 5.54. The van der Waals surface area contributed by atoms with Gasteiger partial charge in [0.05, 0.1) is 5.52 Å². The van der Waals surface area contributed by atoms with Gasteiger partial charge >= 0.3 is 0 Å². The molecule has 0 bridgehead atoms. The fourth-order valence-corrected chi connectivity index (χ4v) is 2.00. The molecule has 116 valence electrons. The van der Waals surface area contributed by atoms with Crippen LogP contribution in [-0.4, -0.2) is 33.8 Å². The Labute approximate surface area is 129 Å². The molecular weight excluding hydrogens is 280 g/mol. The normalized spacial score (nSPS) is 11.9. The first-order chi connectivity index (χ1) is 10.6. The number of carbonyl (C=O) groups excluding carboxylic acids is 2. The number of hydrogen-bond donors (Lipinski definition) is 2. The number of pyridine rings is 1. The highest BCUT2D eigenvalue weighted by atomic mass is 16.2. The molecule has 6 heteroatoms. The zero-order chi connectivity index (χ0) is 16.1. The van der Waals surface area contributed by atoms with Gasteiger partial charge in [0.25, 0.3) is 11.8 Å². The summed E-state index contributed by atoms with van der Waals surface area (Å²) in [6.07, 6.45) is 4.13. The molecule has 22 heavy (non-hydrogen) atoms. The lowest BCUT2D eigenvalue weighted by atomic mass is 10.2. The first kappa shape index (κ1) is 15.8. The highest BCUT2D eigenvalue weighted by Gasteiger charge is 2.21. The predicted molar refractivity (Wildman–Crippen MR) is 84.9 cm³/mol. The lowest BCUT2D eigenvalue weighted by Crippen LogP contribution is -2.33. The first-order valence-corrected chi connectivity index (χ1v) is 7.25. The smallest absolute Gasteiger partial charge is 0.287 e. The van der Waals surface area contributed by atoms with Crippen LogP contribution in [0.5, 0.6) is 0 Å². The van der Waals surface area contributed by atoms with E-state index in [0.29, 0.717) is 12.1 Å². The van der Waals surface area contributed by atoms with Gasteiger partial charge < -0.3 is 10.6 Å². The van der Waals surface area contributed by atoms with Crippen molar-refractivity contribution in [2.45, 2.75) is 26.3 Å². The Morgan fingerprint density at radius 1 is 1.41 bits per heavy atom. The van der Waals surface area contributed by atoms with Gasteiger partial charge in [0.2, 0.25) is 5.82 Å². The maximum absolute atomic E-state index is 12.3. The van der Waals surface area contributed by atoms with Crippen molar-refractivity contribution in [3.05, 3.63) is 48.6 Å². The van der Waals surface area contributed by atoms with Crippen LogP contribution in [0.25, 0.3) is 5.52 Å². The van der Waals surface area contributed by atoms with Crippen LogP contribution < -0.4 is 10.6 Å². The number of imidazole rings is 1. The highest BCUT2D eigenvalue weighted by molar-refractivity contribution is 6.02. The van der Waals surface area contributed by atoms with Crippen molar-refractivity contribution in [1.82, 2.24) is 20.0 Å². The second-order valence-electron chi connectivity index (χ2n) is 5.02. The van der Waals surface area contributed by atoms with Crippen LogP contribution in [0.4, 0.5) is 0 Å². The molecule has 2 rings (SSSR count). The third kappa shape index (κ3) is 3.16. The van der Waals surface area contributed by atoms with Crippen LogP contribution in [0.15, 0.2) is 37.1 Å². The summed E-state index contributed by atoms with van der Waals surface area (Å²) in [7, 11) is 0.